The number of hydrogen-bond acceptors (Lipinski definition) is 5. The van der Waals surface area contributed by atoms with Crippen molar-refractivity contribution in [2.75, 3.05) is 30.0 Å². The summed E-state index contributed by atoms with van der Waals surface area (Å²) >= 11 is 0. The molecule has 1 unspecified atom stereocenters. The molecule has 3 aromatic rings. The van der Waals surface area contributed by atoms with Gasteiger partial charge in [0.05, 0.1) is 18.7 Å². The maximum absolute atomic E-state index is 13.6. The summed E-state index contributed by atoms with van der Waals surface area (Å²) in [5.74, 6) is -0.925. The second-order valence-electron chi connectivity index (χ2n) is 9.82. The lowest BCUT2D eigenvalue weighted by Gasteiger charge is -2.27. The highest BCUT2D eigenvalue weighted by atomic mass is 16.5. The van der Waals surface area contributed by atoms with E-state index in [1.165, 1.54) is 16.0 Å². The van der Waals surface area contributed by atoms with E-state index in [0.717, 1.165) is 50.0 Å². The number of fused-ring (bicyclic) bond motifs is 1. The normalized spacial score (nSPS) is 18.4. The van der Waals surface area contributed by atoms with Crippen LogP contribution in [0, 0.1) is 0 Å². The first-order valence-corrected chi connectivity index (χ1v) is 13.4. The number of aliphatic hydroxyl groups is 1. The van der Waals surface area contributed by atoms with Gasteiger partial charge in [0, 0.05) is 36.1 Å². The molecule has 1 aliphatic heterocycles. The highest BCUT2D eigenvalue weighted by Gasteiger charge is 2.47. The molecule has 1 aliphatic carbocycles. The molecule has 1 N–H and O–H groups in total. The zero-order valence-corrected chi connectivity index (χ0v) is 22.2. The van der Waals surface area contributed by atoms with E-state index >= 15 is 0 Å². The number of carbonyl (C=O) groups is 2. The highest BCUT2D eigenvalue weighted by Crippen LogP contribution is 2.43. The first-order valence-electron chi connectivity index (χ1n) is 13.4. The van der Waals surface area contributed by atoms with Crippen molar-refractivity contribution in [1.82, 2.24) is 0 Å². The van der Waals surface area contributed by atoms with Gasteiger partial charge in [-0.25, -0.2) is 0 Å². The van der Waals surface area contributed by atoms with Crippen molar-refractivity contribution in [3.05, 3.63) is 94.6 Å². The van der Waals surface area contributed by atoms with Crippen LogP contribution < -0.4 is 14.5 Å². The van der Waals surface area contributed by atoms with E-state index in [0.29, 0.717) is 17.0 Å². The Bertz CT molecular complexity index is 1390. The van der Waals surface area contributed by atoms with Crippen LogP contribution in [0.5, 0.6) is 5.75 Å². The fourth-order valence-electron chi connectivity index (χ4n) is 5.67. The summed E-state index contributed by atoms with van der Waals surface area (Å²) in [6.07, 6.45) is 4.24. The molecule has 6 nitrogen and oxygen atoms in total. The topological polar surface area (TPSA) is 70.1 Å². The summed E-state index contributed by atoms with van der Waals surface area (Å²) in [5, 5.41) is 11.6. The van der Waals surface area contributed by atoms with Gasteiger partial charge < -0.3 is 14.7 Å². The quantitative estimate of drug-likeness (QED) is 0.238. The average molecular weight is 511 g/mol. The van der Waals surface area contributed by atoms with Crippen molar-refractivity contribution in [2.24, 2.45) is 0 Å². The Hall–Kier alpha value is -4.06. The minimum absolute atomic E-state index is 0.101. The summed E-state index contributed by atoms with van der Waals surface area (Å²) in [5.41, 5.74) is 5.50. The van der Waals surface area contributed by atoms with Gasteiger partial charge in [0.2, 0.25) is 0 Å². The standard InChI is InChI=1S/C32H34N2O4/c1-4-33(5-2)25-17-15-22(16-18-25)29-28(30(35)24-14-13-21-9-6-7-10-23(21)19-24)31(36)32(37)34(29)26-11-8-12-27(20-26)38-3/h8,11-20,29,35H,4-7,9-10H2,1-3H3/b30-28-. The van der Waals surface area contributed by atoms with Gasteiger partial charge in [0.1, 0.15) is 11.5 Å². The predicted octanol–water partition coefficient (Wildman–Crippen LogP) is 6.05. The van der Waals surface area contributed by atoms with Gasteiger partial charge in [0.15, 0.2) is 0 Å². The molecule has 1 saturated heterocycles. The van der Waals surface area contributed by atoms with Crippen molar-refractivity contribution in [1.29, 1.82) is 0 Å². The van der Waals surface area contributed by atoms with E-state index in [9.17, 15) is 14.7 Å². The van der Waals surface area contributed by atoms with Crippen LogP contribution in [0.15, 0.2) is 72.3 Å². The molecule has 3 aromatic carbocycles. The molecule has 2 aliphatic rings. The van der Waals surface area contributed by atoms with Crippen molar-refractivity contribution in [2.45, 2.75) is 45.6 Å². The first-order chi connectivity index (χ1) is 18.5. The van der Waals surface area contributed by atoms with Gasteiger partial charge in [-0.3, -0.25) is 14.5 Å². The second kappa shape index (κ2) is 10.7. The Morgan fingerprint density at radius 2 is 1.66 bits per heavy atom. The van der Waals surface area contributed by atoms with Gasteiger partial charge in [0.25, 0.3) is 11.7 Å². The molecular formula is C32H34N2O4. The van der Waals surface area contributed by atoms with Crippen LogP contribution in [0.3, 0.4) is 0 Å². The third-order valence-electron chi connectivity index (χ3n) is 7.74. The number of ketones is 1. The number of rotatable bonds is 7. The highest BCUT2D eigenvalue weighted by molar-refractivity contribution is 6.51. The van der Waals surface area contributed by atoms with Crippen LogP contribution in [0.25, 0.3) is 5.76 Å². The molecule has 0 spiro atoms. The molecule has 38 heavy (non-hydrogen) atoms. The summed E-state index contributed by atoms with van der Waals surface area (Å²) in [6, 6.07) is 20.1. The maximum Gasteiger partial charge on any atom is 0.300 e. The number of benzene rings is 3. The Balaban J connectivity index is 1.66. The summed E-state index contributed by atoms with van der Waals surface area (Å²) in [6.45, 7) is 5.95. The number of nitrogens with zero attached hydrogens (tertiary/aromatic N) is 2. The Morgan fingerprint density at radius 1 is 0.947 bits per heavy atom. The van der Waals surface area contributed by atoms with Crippen LogP contribution in [-0.2, 0) is 22.4 Å². The fourth-order valence-corrected chi connectivity index (χ4v) is 5.67. The molecule has 0 saturated carbocycles. The molecule has 0 radical (unpaired) electrons. The molecular weight excluding hydrogens is 476 g/mol. The molecule has 5 rings (SSSR count). The molecule has 0 bridgehead atoms. The van der Waals surface area contributed by atoms with Crippen molar-refractivity contribution < 1.29 is 19.4 Å². The van der Waals surface area contributed by atoms with Gasteiger partial charge in [-0.2, -0.15) is 0 Å². The van der Waals surface area contributed by atoms with Crippen LogP contribution in [0.4, 0.5) is 11.4 Å². The minimum atomic E-state index is -0.774. The molecule has 196 valence electrons. The molecule has 0 aromatic heterocycles. The number of hydrogen-bond donors (Lipinski definition) is 1. The number of methoxy groups -OCH3 is 1. The van der Waals surface area contributed by atoms with Gasteiger partial charge >= 0.3 is 0 Å². The zero-order chi connectivity index (χ0) is 26.8. The number of ether oxygens (including phenoxy) is 1. The Kier molecular flexibility index (Phi) is 7.23. The first kappa shape index (κ1) is 25.6. The van der Waals surface area contributed by atoms with E-state index in [2.05, 4.69) is 18.7 Å². The lowest BCUT2D eigenvalue weighted by atomic mass is 9.88. The predicted molar refractivity (Wildman–Crippen MR) is 151 cm³/mol. The number of aryl methyl sites for hydroxylation is 2. The molecule has 6 heteroatoms. The summed E-state index contributed by atoms with van der Waals surface area (Å²) in [4.78, 5) is 30.8. The minimum Gasteiger partial charge on any atom is -0.507 e. The lowest BCUT2D eigenvalue weighted by Crippen LogP contribution is -2.29. The Morgan fingerprint density at radius 3 is 2.34 bits per heavy atom. The Labute approximate surface area is 224 Å². The van der Waals surface area contributed by atoms with E-state index in [1.807, 2.05) is 42.5 Å². The van der Waals surface area contributed by atoms with Crippen LogP contribution in [0.2, 0.25) is 0 Å². The third kappa shape index (κ3) is 4.55. The molecule has 1 amide bonds. The maximum atomic E-state index is 13.6. The largest absolute Gasteiger partial charge is 0.507 e. The lowest BCUT2D eigenvalue weighted by molar-refractivity contribution is -0.132. The van der Waals surface area contributed by atoms with Crippen LogP contribution in [-0.4, -0.2) is 37.0 Å². The number of aliphatic hydroxyl groups excluding tert-OH is 1. The molecule has 1 fully saturated rings. The number of amides is 1. The van der Waals surface area contributed by atoms with E-state index in [1.54, 1.807) is 31.4 Å². The van der Waals surface area contributed by atoms with Crippen LogP contribution >= 0.6 is 0 Å². The number of Topliss-reactive ketones (excluding diaryl/α,β-unsaturated/α-hetero) is 1. The van der Waals surface area contributed by atoms with E-state index < -0.39 is 17.7 Å². The smallest absolute Gasteiger partial charge is 0.300 e. The molecule has 1 atom stereocenters. The van der Waals surface area contributed by atoms with E-state index in [-0.39, 0.29) is 11.3 Å². The van der Waals surface area contributed by atoms with Crippen molar-refractivity contribution in [3.8, 4) is 5.75 Å². The van der Waals surface area contributed by atoms with E-state index in [4.69, 9.17) is 4.74 Å². The summed E-state index contributed by atoms with van der Waals surface area (Å²) in [7, 11) is 1.56. The van der Waals surface area contributed by atoms with Crippen molar-refractivity contribution >= 4 is 28.8 Å². The number of anilines is 2. The summed E-state index contributed by atoms with van der Waals surface area (Å²) < 4.78 is 5.39. The zero-order valence-electron chi connectivity index (χ0n) is 22.2. The van der Waals surface area contributed by atoms with Gasteiger partial charge in [-0.15, -0.1) is 0 Å². The van der Waals surface area contributed by atoms with Gasteiger partial charge in [-0.1, -0.05) is 30.3 Å². The average Bonchev–Trinajstić information content (AvgIpc) is 3.23. The third-order valence-corrected chi connectivity index (χ3v) is 7.74. The monoisotopic (exact) mass is 510 g/mol. The second-order valence-corrected chi connectivity index (χ2v) is 9.82. The van der Waals surface area contributed by atoms with Crippen LogP contribution in [0.1, 0.15) is 55.0 Å². The fraction of sp³-hybridized carbons (Fsp3) is 0.312. The SMILES string of the molecule is CCN(CC)c1ccc(C2/C(=C(/O)c3ccc4c(c3)CCCC4)C(=O)C(=O)N2c2cccc(OC)c2)cc1. The molecule has 1 heterocycles. The van der Waals surface area contributed by atoms with Crippen molar-refractivity contribution in [3.63, 3.8) is 0 Å². The van der Waals surface area contributed by atoms with Gasteiger partial charge in [-0.05, 0) is 86.6 Å². The number of carbonyl (C=O) groups excluding carboxylic acids is 2.